The number of aromatic amines is 1. The molecule has 0 spiro atoms. The van der Waals surface area contributed by atoms with E-state index in [2.05, 4.69) is 42.3 Å². The Bertz CT molecular complexity index is 421. The summed E-state index contributed by atoms with van der Waals surface area (Å²) in [5.74, 6) is 0. The number of fused-ring (bicyclic) bond motifs is 1. The van der Waals surface area contributed by atoms with Gasteiger partial charge in [-0.05, 0) is 6.08 Å². The van der Waals surface area contributed by atoms with E-state index in [1.165, 1.54) is 5.22 Å². The lowest BCUT2D eigenvalue weighted by Gasteiger charge is -2.12. The predicted octanol–water partition coefficient (Wildman–Crippen LogP) is 0.567. The first-order chi connectivity index (χ1) is 5.67. The number of hydrogen-bond donors (Lipinski definition) is 1. The van der Waals surface area contributed by atoms with Crippen LogP contribution >= 0.6 is 0 Å². The van der Waals surface area contributed by atoms with Gasteiger partial charge in [-0.3, -0.25) is 5.10 Å². The van der Waals surface area contributed by atoms with Crippen LogP contribution in [0.25, 0.3) is 12.2 Å². The minimum Gasteiger partial charge on any atom is -0.278 e. The fourth-order valence-electron chi connectivity index (χ4n) is 1.40. The van der Waals surface area contributed by atoms with Crippen LogP contribution in [0.4, 0.5) is 0 Å². The van der Waals surface area contributed by atoms with Gasteiger partial charge >= 0.3 is 0 Å². The molecule has 0 unspecified atom stereocenters. The number of nitrogens with one attached hydrogen (secondary N) is 1. The summed E-state index contributed by atoms with van der Waals surface area (Å²) < 4.78 is 0. The van der Waals surface area contributed by atoms with Crippen molar-refractivity contribution >= 4 is 12.2 Å². The maximum absolute atomic E-state index is 3.99. The van der Waals surface area contributed by atoms with Crippen LogP contribution in [-0.2, 0) is 0 Å². The third-order valence-electron chi connectivity index (χ3n) is 2.02. The van der Waals surface area contributed by atoms with Crippen LogP contribution in [0.15, 0.2) is 18.3 Å². The Morgan fingerprint density at radius 2 is 2.25 bits per heavy atom. The molecule has 1 aromatic heterocycles. The van der Waals surface area contributed by atoms with Crippen LogP contribution in [0.5, 0.6) is 0 Å². The van der Waals surface area contributed by atoms with Crippen LogP contribution in [0.3, 0.4) is 0 Å². The minimum absolute atomic E-state index is 0.131. The van der Waals surface area contributed by atoms with Crippen molar-refractivity contribution in [2.45, 2.75) is 13.8 Å². The molecular weight excluding hydrogens is 148 g/mol. The van der Waals surface area contributed by atoms with Crippen molar-refractivity contribution in [1.29, 1.82) is 0 Å². The number of allylic oxidation sites excluding steroid dienone is 2. The third-order valence-corrected chi connectivity index (χ3v) is 2.02. The molecule has 0 fully saturated rings. The lowest BCUT2D eigenvalue weighted by atomic mass is 9.93. The fraction of sp³-hybridized carbons (Fsp3) is 0.300. The molecule has 1 aliphatic rings. The van der Waals surface area contributed by atoms with Crippen molar-refractivity contribution in [1.82, 2.24) is 10.2 Å². The van der Waals surface area contributed by atoms with Gasteiger partial charge in [0.15, 0.2) is 0 Å². The van der Waals surface area contributed by atoms with E-state index in [1.54, 1.807) is 0 Å². The first-order valence-corrected chi connectivity index (χ1v) is 4.09. The summed E-state index contributed by atoms with van der Waals surface area (Å²) in [5, 5.41) is 9.22. The molecule has 1 aliphatic carbocycles. The molecule has 0 amide bonds. The van der Waals surface area contributed by atoms with E-state index in [1.807, 2.05) is 12.3 Å². The molecule has 2 heteroatoms. The largest absolute Gasteiger partial charge is 0.278 e. The van der Waals surface area contributed by atoms with Gasteiger partial charge < -0.3 is 0 Å². The van der Waals surface area contributed by atoms with E-state index in [4.69, 9.17) is 0 Å². The summed E-state index contributed by atoms with van der Waals surface area (Å²) in [5.41, 5.74) is 0.131. The average Bonchev–Trinajstić information content (AvgIpc) is 2.31. The molecule has 0 saturated heterocycles. The highest BCUT2D eigenvalue weighted by molar-refractivity contribution is 5.46. The lowest BCUT2D eigenvalue weighted by molar-refractivity contribution is 0.671. The molecule has 1 aromatic rings. The number of hydrogen-bond acceptors (Lipinski definition) is 1. The number of nitrogens with zero attached hydrogens (tertiary/aromatic N) is 1. The van der Waals surface area contributed by atoms with Gasteiger partial charge in [0.2, 0.25) is 0 Å². The molecule has 0 radical (unpaired) electrons. The van der Waals surface area contributed by atoms with Crippen molar-refractivity contribution in [3.8, 4) is 0 Å². The second kappa shape index (κ2) is 2.34. The summed E-state index contributed by atoms with van der Waals surface area (Å²) in [6.45, 7) is 4.36. The van der Waals surface area contributed by atoms with E-state index in [0.717, 1.165) is 5.35 Å². The van der Waals surface area contributed by atoms with Gasteiger partial charge in [-0.15, -0.1) is 0 Å². The van der Waals surface area contributed by atoms with Gasteiger partial charge in [-0.25, -0.2) is 0 Å². The highest BCUT2D eigenvalue weighted by atomic mass is 15.1. The molecule has 0 aromatic carbocycles. The summed E-state index contributed by atoms with van der Waals surface area (Å²) in [4.78, 5) is 0. The maximum atomic E-state index is 3.99. The third kappa shape index (κ3) is 1.20. The predicted molar refractivity (Wildman–Crippen MR) is 49.7 cm³/mol. The van der Waals surface area contributed by atoms with Crippen LogP contribution < -0.4 is 10.6 Å². The first-order valence-electron chi connectivity index (χ1n) is 4.09. The van der Waals surface area contributed by atoms with Crippen LogP contribution in [-0.4, -0.2) is 10.2 Å². The zero-order chi connectivity index (χ0) is 8.60. The van der Waals surface area contributed by atoms with Gasteiger partial charge in [-0.2, -0.15) is 5.10 Å². The van der Waals surface area contributed by atoms with Crippen molar-refractivity contribution < 1.29 is 0 Å². The van der Waals surface area contributed by atoms with Gasteiger partial charge in [-0.1, -0.05) is 32.1 Å². The molecular formula is C10H12N2. The van der Waals surface area contributed by atoms with Crippen LogP contribution in [0.2, 0.25) is 0 Å². The van der Waals surface area contributed by atoms with Gasteiger partial charge in [0.05, 0.1) is 11.5 Å². The maximum Gasteiger partial charge on any atom is 0.0647 e. The summed E-state index contributed by atoms with van der Waals surface area (Å²) in [7, 11) is 0. The minimum atomic E-state index is 0.131. The number of H-pyrrole nitrogens is 1. The fourth-order valence-corrected chi connectivity index (χ4v) is 1.40. The second-order valence-corrected chi connectivity index (χ2v) is 3.73. The zero-order valence-corrected chi connectivity index (χ0v) is 7.33. The standard InChI is InChI=1S/C10H12N2/c1-10(2)5-3-4-9-8(6-10)7-11-12-9/h3-7,12H,1-2H3. The van der Waals surface area contributed by atoms with Crippen LogP contribution in [0, 0.1) is 5.41 Å². The van der Waals surface area contributed by atoms with Gasteiger partial charge in [0, 0.05) is 10.6 Å². The Hall–Kier alpha value is -1.31. The molecule has 0 saturated carbocycles. The molecule has 0 bridgehead atoms. The molecule has 1 heterocycles. The highest BCUT2D eigenvalue weighted by Crippen LogP contribution is 2.18. The van der Waals surface area contributed by atoms with Gasteiger partial charge in [0.1, 0.15) is 0 Å². The molecule has 0 atom stereocenters. The molecule has 62 valence electrons. The Balaban J connectivity index is 2.75. The van der Waals surface area contributed by atoms with Crippen molar-refractivity contribution in [2.24, 2.45) is 5.41 Å². The first kappa shape index (κ1) is 7.35. The van der Waals surface area contributed by atoms with E-state index >= 15 is 0 Å². The second-order valence-electron chi connectivity index (χ2n) is 3.73. The highest BCUT2D eigenvalue weighted by Gasteiger charge is 2.10. The quantitative estimate of drug-likeness (QED) is 0.590. The molecule has 12 heavy (non-hydrogen) atoms. The molecule has 2 rings (SSSR count). The Kier molecular flexibility index (Phi) is 1.43. The lowest BCUT2D eigenvalue weighted by Crippen LogP contribution is -2.23. The number of aromatic nitrogens is 2. The van der Waals surface area contributed by atoms with E-state index in [9.17, 15) is 0 Å². The molecule has 2 nitrogen and oxygen atoms in total. The van der Waals surface area contributed by atoms with E-state index in [-0.39, 0.29) is 5.41 Å². The van der Waals surface area contributed by atoms with Crippen molar-refractivity contribution in [2.75, 3.05) is 0 Å². The topological polar surface area (TPSA) is 28.7 Å². The summed E-state index contributed by atoms with van der Waals surface area (Å²) >= 11 is 0. The Morgan fingerprint density at radius 1 is 1.42 bits per heavy atom. The zero-order valence-electron chi connectivity index (χ0n) is 7.33. The van der Waals surface area contributed by atoms with E-state index < -0.39 is 0 Å². The van der Waals surface area contributed by atoms with Crippen molar-refractivity contribution in [3.05, 3.63) is 28.9 Å². The normalized spacial score (nSPS) is 18.8. The smallest absolute Gasteiger partial charge is 0.0647 e. The molecule has 1 N–H and O–H groups in total. The van der Waals surface area contributed by atoms with Crippen LogP contribution in [0.1, 0.15) is 13.8 Å². The monoisotopic (exact) mass is 160 g/mol. The molecule has 0 aliphatic heterocycles. The summed E-state index contributed by atoms with van der Waals surface area (Å²) in [6.07, 6.45) is 10.4. The Labute approximate surface area is 71.3 Å². The average molecular weight is 160 g/mol. The summed E-state index contributed by atoms with van der Waals surface area (Å²) in [6, 6.07) is 0. The SMILES string of the molecule is CC1(C)C=CC=c2[nH]ncc2=C1. The van der Waals surface area contributed by atoms with Crippen molar-refractivity contribution in [3.63, 3.8) is 0 Å². The van der Waals surface area contributed by atoms with Gasteiger partial charge in [0.25, 0.3) is 0 Å². The van der Waals surface area contributed by atoms with E-state index in [0.29, 0.717) is 0 Å². The number of rotatable bonds is 0. The Morgan fingerprint density at radius 3 is 3.08 bits per heavy atom.